The van der Waals surface area contributed by atoms with Gasteiger partial charge in [0.25, 0.3) is 0 Å². The Morgan fingerprint density at radius 1 is 1.12 bits per heavy atom. The Morgan fingerprint density at radius 3 is 2.41 bits per heavy atom. The lowest BCUT2D eigenvalue weighted by molar-refractivity contribution is 0.456. The molecule has 6 heteroatoms. The number of hydrogen-bond acceptors (Lipinski definition) is 4. The van der Waals surface area contributed by atoms with Crippen molar-refractivity contribution in [3.05, 3.63) is 30.3 Å². The smallest absolute Gasteiger partial charge is 0.211 e. The van der Waals surface area contributed by atoms with E-state index in [0.717, 1.165) is 0 Å². The van der Waals surface area contributed by atoms with Crippen molar-refractivity contribution in [2.45, 2.75) is 0 Å². The van der Waals surface area contributed by atoms with Crippen molar-refractivity contribution in [2.24, 2.45) is 16.0 Å². The molecule has 2 rings (SSSR count). The van der Waals surface area contributed by atoms with Gasteiger partial charge in [0.15, 0.2) is 0 Å². The van der Waals surface area contributed by atoms with Crippen molar-refractivity contribution < 1.29 is 10.2 Å². The lowest BCUT2D eigenvalue weighted by atomic mass is 10.1. The van der Waals surface area contributed by atoms with Gasteiger partial charge < -0.3 is 15.9 Å². The van der Waals surface area contributed by atoms with Gasteiger partial charge in [-0.25, -0.2) is 0 Å². The molecule has 17 heavy (non-hydrogen) atoms. The number of phenols is 2. The number of benzene rings is 2. The number of fused-ring (bicyclic) bond motifs is 1. The zero-order valence-electron chi connectivity index (χ0n) is 8.66. The molecule has 0 aliphatic heterocycles. The summed E-state index contributed by atoms with van der Waals surface area (Å²) in [5, 5.41) is 27.7. The Kier molecular flexibility index (Phi) is 2.88. The van der Waals surface area contributed by atoms with Gasteiger partial charge in [-0.3, -0.25) is 0 Å². The van der Waals surface area contributed by atoms with Crippen molar-refractivity contribution in [2.75, 3.05) is 0 Å². The second kappa shape index (κ2) is 4.34. The van der Waals surface area contributed by atoms with Gasteiger partial charge in [-0.1, -0.05) is 24.3 Å². The van der Waals surface area contributed by atoms with Gasteiger partial charge in [0.1, 0.15) is 17.2 Å². The largest absolute Gasteiger partial charge is 0.507 e. The van der Waals surface area contributed by atoms with Crippen LogP contribution < -0.4 is 5.73 Å². The van der Waals surface area contributed by atoms with Crippen LogP contribution in [-0.2, 0) is 0 Å². The molecule has 0 saturated carbocycles. The summed E-state index contributed by atoms with van der Waals surface area (Å²) in [5.74, 6) is -0.200. The summed E-state index contributed by atoms with van der Waals surface area (Å²) >= 11 is 4.57. The minimum Gasteiger partial charge on any atom is -0.507 e. The molecule has 0 atom stereocenters. The molecule has 0 aliphatic carbocycles. The van der Waals surface area contributed by atoms with E-state index in [1.54, 1.807) is 24.3 Å². The van der Waals surface area contributed by atoms with Crippen molar-refractivity contribution in [3.8, 4) is 11.5 Å². The second-order valence-corrected chi connectivity index (χ2v) is 3.77. The lowest BCUT2D eigenvalue weighted by Gasteiger charge is -2.05. The predicted molar refractivity (Wildman–Crippen MR) is 68.6 cm³/mol. The van der Waals surface area contributed by atoms with Crippen molar-refractivity contribution in [1.29, 1.82) is 0 Å². The number of aromatic hydroxyl groups is 2. The van der Waals surface area contributed by atoms with Crippen molar-refractivity contribution >= 4 is 33.8 Å². The van der Waals surface area contributed by atoms with Crippen LogP contribution in [0.3, 0.4) is 0 Å². The fourth-order valence-corrected chi connectivity index (χ4v) is 1.57. The van der Waals surface area contributed by atoms with Crippen LogP contribution in [-0.4, -0.2) is 15.3 Å². The molecule has 0 amide bonds. The molecule has 0 aromatic heterocycles. The van der Waals surface area contributed by atoms with Crippen LogP contribution in [0.1, 0.15) is 0 Å². The summed E-state index contributed by atoms with van der Waals surface area (Å²) in [6.07, 6.45) is 0. The normalized spacial score (nSPS) is 11.1. The molecule has 86 valence electrons. The molecule has 0 unspecified atom stereocenters. The molecule has 0 bridgehead atoms. The molecular formula is C11H9N3O2S. The number of nitrogens with zero attached hydrogens (tertiary/aromatic N) is 2. The Hall–Kier alpha value is -2.21. The summed E-state index contributed by atoms with van der Waals surface area (Å²) in [6.45, 7) is 0. The highest BCUT2D eigenvalue weighted by Crippen LogP contribution is 2.40. The predicted octanol–water partition coefficient (Wildman–Crippen LogP) is 2.58. The molecule has 2 aromatic carbocycles. The minimum atomic E-state index is -0.179. The van der Waals surface area contributed by atoms with Crippen molar-refractivity contribution in [1.82, 2.24) is 0 Å². The first-order valence-electron chi connectivity index (χ1n) is 4.74. The third kappa shape index (κ3) is 2.16. The zero-order chi connectivity index (χ0) is 12.4. The first-order valence-corrected chi connectivity index (χ1v) is 5.15. The summed E-state index contributed by atoms with van der Waals surface area (Å²) in [7, 11) is 0. The average molecular weight is 247 g/mol. The molecular weight excluding hydrogens is 238 g/mol. The van der Waals surface area contributed by atoms with E-state index in [-0.39, 0.29) is 22.3 Å². The van der Waals surface area contributed by atoms with Crippen LogP contribution in [0.2, 0.25) is 0 Å². The number of thiocarbonyl (C=S) groups is 1. The highest BCUT2D eigenvalue weighted by molar-refractivity contribution is 7.80. The number of hydrogen-bond donors (Lipinski definition) is 3. The SMILES string of the molecule is NC(=S)N=Nc1c(O)cc(O)c2ccccc12. The summed E-state index contributed by atoms with van der Waals surface area (Å²) in [4.78, 5) is 0. The summed E-state index contributed by atoms with van der Waals surface area (Å²) in [5.41, 5.74) is 5.43. The maximum Gasteiger partial charge on any atom is 0.211 e. The van der Waals surface area contributed by atoms with Crippen LogP contribution in [0.25, 0.3) is 10.8 Å². The Balaban J connectivity index is 2.73. The van der Waals surface area contributed by atoms with E-state index in [4.69, 9.17) is 5.73 Å². The second-order valence-electron chi connectivity index (χ2n) is 3.35. The average Bonchev–Trinajstić information content (AvgIpc) is 2.28. The van der Waals surface area contributed by atoms with Crippen LogP contribution in [0.15, 0.2) is 40.6 Å². The molecule has 4 N–H and O–H groups in total. The Bertz CT molecular complexity index is 625. The van der Waals surface area contributed by atoms with Crippen LogP contribution >= 0.6 is 12.2 Å². The molecule has 0 aliphatic rings. The highest BCUT2D eigenvalue weighted by Gasteiger charge is 2.10. The first kappa shape index (κ1) is 11.3. The topological polar surface area (TPSA) is 91.2 Å². The molecule has 0 heterocycles. The number of rotatable bonds is 1. The van der Waals surface area contributed by atoms with Crippen LogP contribution in [0.5, 0.6) is 11.5 Å². The summed E-state index contributed by atoms with van der Waals surface area (Å²) < 4.78 is 0. The van der Waals surface area contributed by atoms with Gasteiger partial charge in [-0.05, 0) is 12.2 Å². The maximum atomic E-state index is 9.70. The van der Waals surface area contributed by atoms with Crippen LogP contribution in [0, 0.1) is 0 Å². The molecule has 2 aromatic rings. The van der Waals surface area contributed by atoms with E-state index in [1.165, 1.54) is 6.07 Å². The molecule has 5 nitrogen and oxygen atoms in total. The van der Waals surface area contributed by atoms with E-state index < -0.39 is 0 Å². The van der Waals surface area contributed by atoms with E-state index in [1.807, 2.05) is 0 Å². The molecule has 0 radical (unpaired) electrons. The summed E-state index contributed by atoms with van der Waals surface area (Å²) in [6, 6.07) is 8.16. The fourth-order valence-electron chi connectivity index (χ4n) is 1.53. The highest BCUT2D eigenvalue weighted by atomic mass is 32.1. The zero-order valence-corrected chi connectivity index (χ0v) is 9.48. The molecule has 0 saturated heterocycles. The third-order valence-electron chi connectivity index (χ3n) is 2.22. The van der Waals surface area contributed by atoms with E-state index >= 15 is 0 Å². The Morgan fingerprint density at radius 2 is 1.76 bits per heavy atom. The van der Waals surface area contributed by atoms with Gasteiger partial charge in [0.2, 0.25) is 5.11 Å². The van der Waals surface area contributed by atoms with Gasteiger partial charge in [-0.15, -0.1) is 10.2 Å². The van der Waals surface area contributed by atoms with E-state index in [9.17, 15) is 10.2 Å². The number of phenolic OH excluding ortho intramolecular Hbond substituents is 2. The minimum absolute atomic E-state index is 0.0209. The molecule has 0 spiro atoms. The fraction of sp³-hybridized carbons (Fsp3) is 0. The Labute approximate surface area is 102 Å². The number of nitrogens with two attached hydrogens (primary N) is 1. The van der Waals surface area contributed by atoms with E-state index in [0.29, 0.717) is 10.8 Å². The van der Waals surface area contributed by atoms with Gasteiger partial charge in [0.05, 0.1) is 0 Å². The van der Waals surface area contributed by atoms with Crippen LogP contribution in [0.4, 0.5) is 5.69 Å². The lowest BCUT2D eigenvalue weighted by Crippen LogP contribution is -2.01. The van der Waals surface area contributed by atoms with Gasteiger partial charge >= 0.3 is 0 Å². The molecule has 0 fully saturated rings. The van der Waals surface area contributed by atoms with Gasteiger partial charge in [-0.2, -0.15) is 0 Å². The van der Waals surface area contributed by atoms with Gasteiger partial charge in [0, 0.05) is 16.8 Å². The van der Waals surface area contributed by atoms with E-state index in [2.05, 4.69) is 22.4 Å². The first-order chi connectivity index (χ1) is 8.09. The monoisotopic (exact) mass is 247 g/mol. The standard InChI is InChI=1S/C11H9N3O2S/c12-11(17)14-13-10-7-4-2-1-3-6(7)8(15)5-9(10)16/h1-5,15-16H,(H2,12,17). The maximum absolute atomic E-state index is 9.70. The van der Waals surface area contributed by atoms with Crippen molar-refractivity contribution in [3.63, 3.8) is 0 Å². The quantitative estimate of drug-likeness (QED) is 0.533. The number of azo groups is 1. The third-order valence-corrected chi connectivity index (χ3v) is 2.30.